The van der Waals surface area contributed by atoms with Crippen LogP contribution >= 0.6 is 11.6 Å². The number of halogens is 2. The number of hydrogen-bond acceptors (Lipinski definition) is 2. The summed E-state index contributed by atoms with van der Waals surface area (Å²) in [4.78, 5) is 4.23. The van der Waals surface area contributed by atoms with E-state index in [4.69, 9.17) is 22.7 Å². The van der Waals surface area contributed by atoms with Crippen LogP contribution in [0.2, 0.25) is 5.02 Å². The summed E-state index contributed by atoms with van der Waals surface area (Å²) in [7, 11) is 0. The third-order valence-corrected chi connectivity index (χ3v) is 2.56. The molecule has 1 aromatic heterocycles. The quantitative estimate of drug-likeness (QED) is 0.592. The van der Waals surface area contributed by atoms with E-state index in [0.29, 0.717) is 21.6 Å². The monoisotopic (exact) mass is 237 g/mol. The molecule has 0 aliphatic rings. The van der Waals surface area contributed by atoms with Gasteiger partial charge in [0, 0.05) is 16.6 Å². The van der Waals surface area contributed by atoms with E-state index in [-0.39, 0.29) is 11.4 Å². The molecule has 0 radical (unpaired) electrons. The van der Waals surface area contributed by atoms with Gasteiger partial charge in [-0.2, -0.15) is 0 Å². The molecule has 3 nitrogen and oxygen atoms in total. The van der Waals surface area contributed by atoms with Gasteiger partial charge in [-0.05, 0) is 25.1 Å². The molecular weight excluding hydrogens is 229 g/mol. The van der Waals surface area contributed by atoms with E-state index in [1.54, 1.807) is 13.0 Å². The Balaban J connectivity index is 2.95. The Bertz CT molecular complexity index is 595. The van der Waals surface area contributed by atoms with Crippen LogP contribution in [-0.4, -0.2) is 10.8 Å². The standard InChI is InChI=1S/C11H9ClFN3/c1-5-2-9(12)7-3-6(13)4-8(11(14)15)10(7)16-5/h2-4H,1H3,(H3,14,15). The minimum absolute atomic E-state index is 0.223. The van der Waals surface area contributed by atoms with E-state index >= 15 is 0 Å². The van der Waals surface area contributed by atoms with Crippen LogP contribution in [0.5, 0.6) is 0 Å². The highest BCUT2D eigenvalue weighted by Gasteiger charge is 2.11. The van der Waals surface area contributed by atoms with Crippen molar-refractivity contribution < 1.29 is 4.39 Å². The average molecular weight is 238 g/mol. The number of nitrogens with zero attached hydrogens (tertiary/aromatic N) is 1. The van der Waals surface area contributed by atoms with Crippen LogP contribution < -0.4 is 5.73 Å². The van der Waals surface area contributed by atoms with E-state index in [2.05, 4.69) is 4.98 Å². The maximum absolute atomic E-state index is 13.3. The molecule has 0 fully saturated rings. The second-order valence-electron chi connectivity index (χ2n) is 3.51. The lowest BCUT2D eigenvalue weighted by Gasteiger charge is -2.07. The summed E-state index contributed by atoms with van der Waals surface area (Å²) < 4.78 is 13.3. The fourth-order valence-corrected chi connectivity index (χ4v) is 1.88. The number of benzene rings is 1. The number of aromatic nitrogens is 1. The van der Waals surface area contributed by atoms with Crippen molar-refractivity contribution >= 4 is 28.3 Å². The Morgan fingerprint density at radius 2 is 2.12 bits per heavy atom. The number of amidine groups is 1. The first-order valence-corrected chi connectivity index (χ1v) is 4.97. The van der Waals surface area contributed by atoms with Gasteiger partial charge in [0.05, 0.1) is 10.5 Å². The number of nitrogens with two attached hydrogens (primary N) is 1. The lowest BCUT2D eigenvalue weighted by atomic mass is 10.1. The van der Waals surface area contributed by atoms with Gasteiger partial charge in [0.25, 0.3) is 0 Å². The number of nitrogens with one attached hydrogen (secondary N) is 1. The molecule has 0 aliphatic heterocycles. The lowest BCUT2D eigenvalue weighted by molar-refractivity contribution is 0.629. The van der Waals surface area contributed by atoms with Gasteiger partial charge < -0.3 is 5.73 Å². The van der Waals surface area contributed by atoms with Crippen molar-refractivity contribution in [3.8, 4) is 0 Å². The molecule has 0 atom stereocenters. The summed E-state index contributed by atoms with van der Waals surface area (Å²) in [5.74, 6) is -0.705. The molecule has 5 heteroatoms. The third kappa shape index (κ3) is 1.72. The van der Waals surface area contributed by atoms with Crippen molar-refractivity contribution in [3.05, 3.63) is 40.3 Å². The first kappa shape index (κ1) is 10.8. The van der Waals surface area contributed by atoms with Gasteiger partial charge in [-0.3, -0.25) is 10.4 Å². The second kappa shape index (κ2) is 3.72. The molecule has 3 N–H and O–H groups in total. The number of hydrogen-bond donors (Lipinski definition) is 2. The predicted molar refractivity (Wildman–Crippen MR) is 62.5 cm³/mol. The predicted octanol–water partition coefficient (Wildman–Crippen LogP) is 2.62. The van der Waals surface area contributed by atoms with Crippen molar-refractivity contribution in [3.63, 3.8) is 0 Å². The smallest absolute Gasteiger partial charge is 0.125 e. The van der Waals surface area contributed by atoms with Crippen molar-refractivity contribution in [2.24, 2.45) is 5.73 Å². The van der Waals surface area contributed by atoms with Crippen LogP contribution in [0.3, 0.4) is 0 Å². The van der Waals surface area contributed by atoms with E-state index in [0.717, 1.165) is 0 Å². The maximum atomic E-state index is 13.3. The summed E-state index contributed by atoms with van der Waals surface area (Å²) in [5.41, 5.74) is 6.80. The second-order valence-corrected chi connectivity index (χ2v) is 3.92. The number of fused-ring (bicyclic) bond motifs is 1. The van der Waals surface area contributed by atoms with Crippen LogP contribution in [0.4, 0.5) is 4.39 Å². The Morgan fingerprint density at radius 1 is 1.44 bits per heavy atom. The molecule has 82 valence electrons. The van der Waals surface area contributed by atoms with Crippen LogP contribution in [0, 0.1) is 18.2 Å². The van der Waals surface area contributed by atoms with Gasteiger partial charge in [-0.1, -0.05) is 11.6 Å². The van der Waals surface area contributed by atoms with E-state index in [1.165, 1.54) is 12.1 Å². The molecule has 0 aliphatic carbocycles. The van der Waals surface area contributed by atoms with Gasteiger partial charge in [0.15, 0.2) is 0 Å². The average Bonchev–Trinajstić information content (AvgIpc) is 2.18. The first-order valence-electron chi connectivity index (χ1n) is 4.60. The normalized spacial score (nSPS) is 10.7. The molecule has 2 rings (SSSR count). The zero-order valence-corrected chi connectivity index (χ0v) is 9.27. The molecule has 0 saturated heterocycles. The molecule has 16 heavy (non-hydrogen) atoms. The molecule has 1 aromatic carbocycles. The maximum Gasteiger partial charge on any atom is 0.125 e. The molecular formula is C11H9ClFN3. The van der Waals surface area contributed by atoms with E-state index in [9.17, 15) is 4.39 Å². The number of pyridine rings is 1. The molecule has 0 saturated carbocycles. The summed E-state index contributed by atoms with van der Waals surface area (Å²) in [6, 6.07) is 4.12. The van der Waals surface area contributed by atoms with Crippen molar-refractivity contribution in [2.45, 2.75) is 6.92 Å². The lowest BCUT2D eigenvalue weighted by Crippen LogP contribution is -2.12. The molecule has 1 heterocycles. The largest absolute Gasteiger partial charge is 0.384 e. The summed E-state index contributed by atoms with van der Waals surface area (Å²) >= 11 is 5.99. The minimum atomic E-state index is -0.481. The SMILES string of the molecule is Cc1cc(Cl)c2cc(F)cc(C(=N)N)c2n1. The first-order chi connectivity index (χ1) is 7.49. The minimum Gasteiger partial charge on any atom is -0.384 e. The van der Waals surface area contributed by atoms with Gasteiger partial charge in [-0.25, -0.2) is 4.39 Å². The number of rotatable bonds is 1. The third-order valence-electron chi connectivity index (χ3n) is 2.25. The van der Waals surface area contributed by atoms with Crippen LogP contribution in [0.25, 0.3) is 10.9 Å². The Labute approximate surface area is 96.6 Å². The summed E-state index contributed by atoms with van der Waals surface area (Å²) in [6.07, 6.45) is 0. The van der Waals surface area contributed by atoms with Gasteiger partial charge in [-0.15, -0.1) is 0 Å². The zero-order valence-electron chi connectivity index (χ0n) is 8.51. The van der Waals surface area contributed by atoms with Crippen molar-refractivity contribution in [1.29, 1.82) is 5.41 Å². The molecule has 0 unspecified atom stereocenters. The Hall–Kier alpha value is -1.68. The van der Waals surface area contributed by atoms with Crippen molar-refractivity contribution in [2.75, 3.05) is 0 Å². The number of nitrogen functional groups attached to an aromatic ring is 1. The van der Waals surface area contributed by atoms with Crippen LogP contribution in [-0.2, 0) is 0 Å². The van der Waals surface area contributed by atoms with Gasteiger partial charge >= 0.3 is 0 Å². The topological polar surface area (TPSA) is 62.8 Å². The Morgan fingerprint density at radius 3 is 2.75 bits per heavy atom. The zero-order chi connectivity index (χ0) is 11.9. The molecule has 0 spiro atoms. The highest BCUT2D eigenvalue weighted by Crippen LogP contribution is 2.26. The van der Waals surface area contributed by atoms with Crippen LogP contribution in [0.15, 0.2) is 18.2 Å². The van der Waals surface area contributed by atoms with Gasteiger partial charge in [0.2, 0.25) is 0 Å². The highest BCUT2D eigenvalue weighted by molar-refractivity contribution is 6.35. The van der Waals surface area contributed by atoms with Crippen LogP contribution in [0.1, 0.15) is 11.3 Å². The van der Waals surface area contributed by atoms with Crippen molar-refractivity contribution in [1.82, 2.24) is 4.98 Å². The molecule has 2 aromatic rings. The summed E-state index contributed by atoms with van der Waals surface area (Å²) in [6.45, 7) is 1.78. The van der Waals surface area contributed by atoms with E-state index < -0.39 is 5.82 Å². The van der Waals surface area contributed by atoms with Gasteiger partial charge in [0.1, 0.15) is 11.7 Å². The Kier molecular flexibility index (Phi) is 2.52. The fourth-order valence-electron chi connectivity index (χ4n) is 1.58. The van der Waals surface area contributed by atoms with E-state index in [1.807, 2.05) is 0 Å². The molecule has 0 amide bonds. The molecule has 0 bridgehead atoms. The fraction of sp³-hybridized carbons (Fsp3) is 0.0909. The highest BCUT2D eigenvalue weighted by atomic mass is 35.5. The number of aryl methyl sites for hydroxylation is 1. The summed E-state index contributed by atoms with van der Waals surface area (Å²) in [5, 5.41) is 8.26.